The molecule has 0 aliphatic heterocycles. The number of halogens is 1. The fourth-order valence-electron chi connectivity index (χ4n) is 3.92. The fraction of sp³-hybridized carbons (Fsp3) is 0.0385. The van der Waals surface area contributed by atoms with E-state index >= 15 is 0 Å². The third kappa shape index (κ3) is 3.52. The topological polar surface area (TPSA) is 17.1 Å². The van der Waals surface area contributed by atoms with Crippen LogP contribution in [0.2, 0.25) is 5.21 Å². The number of benzene rings is 4. The Morgan fingerprint density at radius 2 is 0.862 bits per heavy atom. The molecule has 0 radical (unpaired) electrons. The molecule has 0 saturated heterocycles. The summed E-state index contributed by atoms with van der Waals surface area (Å²) in [4.78, 5) is 13.6. The van der Waals surface area contributed by atoms with Gasteiger partial charge in [0.1, 0.15) is 0 Å². The molecule has 0 amide bonds. The summed E-state index contributed by atoms with van der Waals surface area (Å²) >= 11 is 4.37. The zero-order chi connectivity index (χ0) is 20.2. The zero-order valence-electron chi connectivity index (χ0n) is 16.0. The predicted molar refractivity (Wildman–Crippen MR) is 128 cm³/mol. The first-order chi connectivity index (χ1) is 14.1. The van der Waals surface area contributed by atoms with Gasteiger partial charge in [-0.05, 0) is 0 Å². The average Bonchev–Trinajstić information content (AvgIpc) is 2.81. The van der Waals surface area contributed by atoms with Crippen LogP contribution in [0.4, 0.5) is 0 Å². The molecule has 0 heterocycles. The monoisotopic (exact) mass is 504 g/mol. The molecule has 4 rings (SSSR count). The fourth-order valence-corrected chi connectivity index (χ4v) is 18.3. The maximum atomic E-state index is 13.6. The minimum absolute atomic E-state index is 0.157. The van der Waals surface area contributed by atoms with E-state index in [-0.39, 0.29) is 5.78 Å². The first-order valence-corrected chi connectivity index (χ1v) is 18.1. The summed E-state index contributed by atoms with van der Waals surface area (Å²) in [7, 11) is -3.96. The molecule has 0 aromatic heterocycles. The molecule has 0 bridgehead atoms. The summed E-state index contributed by atoms with van der Waals surface area (Å²) in [5.41, 5.74) is 0.752. The normalized spacial score (nSPS) is 12.7. The zero-order valence-corrected chi connectivity index (χ0v) is 19.5. The van der Waals surface area contributed by atoms with Crippen molar-refractivity contribution >= 4 is 43.4 Å². The molecule has 0 aliphatic rings. The van der Waals surface area contributed by atoms with Crippen molar-refractivity contribution in [3.05, 3.63) is 127 Å². The van der Waals surface area contributed by atoms with E-state index in [0.29, 0.717) is 5.21 Å². The van der Waals surface area contributed by atoms with Gasteiger partial charge in [0.2, 0.25) is 0 Å². The van der Waals surface area contributed by atoms with Gasteiger partial charge in [0, 0.05) is 0 Å². The Hall–Kier alpha value is -2.41. The summed E-state index contributed by atoms with van der Waals surface area (Å²) in [6.45, 7) is 0. The van der Waals surface area contributed by atoms with Crippen molar-refractivity contribution in [3.8, 4) is 0 Å². The third-order valence-electron chi connectivity index (χ3n) is 5.42. The Bertz CT molecular complexity index is 997. The molecule has 0 atom stereocenters. The Kier molecular flexibility index (Phi) is 5.58. The van der Waals surface area contributed by atoms with Gasteiger partial charge in [-0.2, -0.15) is 0 Å². The van der Waals surface area contributed by atoms with E-state index in [1.807, 2.05) is 48.5 Å². The second-order valence-corrected chi connectivity index (χ2v) is 24.1. The first-order valence-electron chi connectivity index (χ1n) is 9.61. The standard InChI is InChI=1S/C26H22AsBrO/c28-27(23-15-7-2-8-16-23,24-17-9-3-10-18-24,25-19-11-4-12-20-25)21-26(29)22-13-5-1-6-14-22/h1-20H,21H2. The number of rotatable bonds is 6. The van der Waals surface area contributed by atoms with Crippen LogP contribution in [-0.4, -0.2) is 16.4 Å². The molecular weight excluding hydrogens is 483 g/mol. The van der Waals surface area contributed by atoms with Gasteiger partial charge in [-0.3, -0.25) is 0 Å². The van der Waals surface area contributed by atoms with Gasteiger partial charge < -0.3 is 0 Å². The summed E-state index contributed by atoms with van der Waals surface area (Å²) in [5, 5.41) is 0.431. The molecule has 29 heavy (non-hydrogen) atoms. The van der Waals surface area contributed by atoms with Crippen LogP contribution < -0.4 is 13.1 Å². The number of hydrogen-bond acceptors (Lipinski definition) is 1. The maximum absolute atomic E-state index is 13.6. The van der Waals surface area contributed by atoms with Crippen LogP contribution in [0, 0.1) is 0 Å². The summed E-state index contributed by atoms with van der Waals surface area (Å²) < 4.78 is 3.60. The Morgan fingerprint density at radius 1 is 0.552 bits per heavy atom. The molecule has 0 spiro atoms. The number of hydrogen-bond donors (Lipinski definition) is 0. The van der Waals surface area contributed by atoms with Gasteiger partial charge in [-0.15, -0.1) is 0 Å². The third-order valence-corrected chi connectivity index (χ3v) is 23.6. The summed E-state index contributed by atoms with van der Waals surface area (Å²) in [6.07, 6.45) is 0. The van der Waals surface area contributed by atoms with E-state index in [2.05, 4.69) is 86.7 Å². The molecule has 0 fully saturated rings. The Labute approximate surface area is 179 Å². The molecule has 0 aliphatic carbocycles. The van der Waals surface area contributed by atoms with Crippen molar-refractivity contribution in [2.75, 3.05) is 0 Å². The van der Waals surface area contributed by atoms with Crippen LogP contribution >= 0.6 is 13.9 Å². The van der Waals surface area contributed by atoms with E-state index in [4.69, 9.17) is 0 Å². The quantitative estimate of drug-likeness (QED) is 0.270. The van der Waals surface area contributed by atoms with Crippen LogP contribution in [0.1, 0.15) is 10.4 Å². The molecule has 0 N–H and O–H groups in total. The summed E-state index contributed by atoms with van der Waals surface area (Å²) in [6, 6.07) is 41.1. The van der Waals surface area contributed by atoms with Crippen LogP contribution in [-0.2, 0) is 0 Å². The molecule has 4 aromatic carbocycles. The van der Waals surface area contributed by atoms with E-state index in [1.165, 1.54) is 13.1 Å². The van der Waals surface area contributed by atoms with Crippen LogP contribution in [0.3, 0.4) is 0 Å². The SMILES string of the molecule is O=C(C[As](Br)(c1ccccc1)(c1ccccc1)c1ccccc1)c1ccccc1. The molecule has 1 nitrogen and oxygen atoms in total. The van der Waals surface area contributed by atoms with E-state index in [9.17, 15) is 4.79 Å². The van der Waals surface area contributed by atoms with Crippen molar-refractivity contribution in [1.29, 1.82) is 0 Å². The second kappa shape index (κ2) is 8.14. The van der Waals surface area contributed by atoms with Gasteiger partial charge in [-0.25, -0.2) is 0 Å². The molecule has 0 saturated carbocycles. The molecule has 3 heteroatoms. The summed E-state index contributed by atoms with van der Waals surface area (Å²) in [5.74, 6) is 0.157. The van der Waals surface area contributed by atoms with Crippen LogP contribution in [0.5, 0.6) is 0 Å². The van der Waals surface area contributed by atoms with E-state index < -0.39 is 10.6 Å². The van der Waals surface area contributed by atoms with Crippen LogP contribution in [0.25, 0.3) is 0 Å². The predicted octanol–water partition coefficient (Wildman–Crippen LogP) is 4.89. The number of ketones is 1. The minimum atomic E-state index is -3.96. The Balaban J connectivity index is 2.03. The van der Waals surface area contributed by atoms with Gasteiger partial charge in [0.25, 0.3) is 0 Å². The number of carbonyl (C=O) groups excluding carboxylic acids is 1. The Morgan fingerprint density at radius 3 is 1.21 bits per heavy atom. The van der Waals surface area contributed by atoms with Crippen LogP contribution in [0.15, 0.2) is 121 Å². The van der Waals surface area contributed by atoms with Crippen molar-refractivity contribution in [3.63, 3.8) is 0 Å². The number of carbonyl (C=O) groups is 1. The van der Waals surface area contributed by atoms with Crippen molar-refractivity contribution in [2.45, 2.75) is 5.21 Å². The van der Waals surface area contributed by atoms with Gasteiger partial charge in [0.15, 0.2) is 0 Å². The van der Waals surface area contributed by atoms with Gasteiger partial charge >= 0.3 is 180 Å². The molecular formula is C26H22AsBrO. The van der Waals surface area contributed by atoms with Gasteiger partial charge in [0.05, 0.1) is 0 Å². The van der Waals surface area contributed by atoms with E-state index in [1.54, 1.807) is 0 Å². The van der Waals surface area contributed by atoms with E-state index in [0.717, 1.165) is 5.56 Å². The molecule has 144 valence electrons. The molecule has 4 aromatic rings. The van der Waals surface area contributed by atoms with Gasteiger partial charge in [-0.1, -0.05) is 0 Å². The van der Waals surface area contributed by atoms with Crippen molar-refractivity contribution in [1.82, 2.24) is 0 Å². The van der Waals surface area contributed by atoms with Crippen molar-refractivity contribution in [2.24, 2.45) is 0 Å². The second-order valence-electron chi connectivity index (χ2n) is 7.14. The average molecular weight is 505 g/mol. The van der Waals surface area contributed by atoms with Crippen molar-refractivity contribution < 1.29 is 4.79 Å². The molecule has 0 unspecified atom stereocenters. The first kappa shape index (κ1) is 19.9. The number of Topliss-reactive ketones (excluding diaryl/α,β-unsaturated/α-hetero) is 1.